The van der Waals surface area contributed by atoms with Crippen LogP contribution in [0.5, 0.6) is 5.75 Å². The summed E-state index contributed by atoms with van der Waals surface area (Å²) < 4.78 is 17.5. The molecule has 5 nitrogen and oxygen atoms in total. The fourth-order valence-electron chi connectivity index (χ4n) is 2.68. The summed E-state index contributed by atoms with van der Waals surface area (Å²) in [5.74, 6) is 7.36. The predicted octanol–water partition coefficient (Wildman–Crippen LogP) is 4.54. The van der Waals surface area contributed by atoms with Gasteiger partial charge in [-0.25, -0.2) is 9.97 Å². The number of nitrogens with zero attached hydrogens (tertiary/aromatic N) is 2. The van der Waals surface area contributed by atoms with Gasteiger partial charge in [0.05, 0.1) is 29.7 Å². The van der Waals surface area contributed by atoms with E-state index in [1.54, 1.807) is 12.4 Å². The van der Waals surface area contributed by atoms with Gasteiger partial charge in [0.25, 0.3) is 0 Å². The molecule has 1 saturated carbocycles. The third-order valence-electron chi connectivity index (χ3n) is 3.93. The van der Waals surface area contributed by atoms with Crippen LogP contribution in [0.3, 0.4) is 0 Å². The highest BCUT2D eigenvalue weighted by atomic mass is 16.5. The first-order valence-corrected chi connectivity index (χ1v) is 9.90. The second kappa shape index (κ2) is 9.52. The molecule has 1 aliphatic carbocycles. The van der Waals surface area contributed by atoms with E-state index in [0.29, 0.717) is 11.6 Å². The molecule has 2 rings (SSSR count). The topological polar surface area (TPSA) is 53.5 Å². The lowest BCUT2D eigenvalue weighted by Gasteiger charge is -2.38. The lowest BCUT2D eigenvalue weighted by Crippen LogP contribution is -2.43. The van der Waals surface area contributed by atoms with Crippen molar-refractivity contribution >= 4 is 0 Å². The van der Waals surface area contributed by atoms with Crippen molar-refractivity contribution < 1.29 is 14.2 Å². The van der Waals surface area contributed by atoms with Crippen LogP contribution in [-0.2, 0) is 9.47 Å². The number of aromatic nitrogens is 2. The zero-order chi connectivity index (χ0) is 19.9. The van der Waals surface area contributed by atoms with Gasteiger partial charge in [-0.2, -0.15) is 0 Å². The highest BCUT2D eigenvalue weighted by Crippen LogP contribution is 2.30. The van der Waals surface area contributed by atoms with Gasteiger partial charge >= 0.3 is 0 Å². The standard InChI is InChI=1S/C22H34N2O3/c1-21(2,3)25-12-10-8-7-9-11-20-23-15-19(16-24-20)26-17-13-18(14-17)27-22(4,5)6/h15-18H,7-8,10,12-14H2,1-6H3. The molecular weight excluding hydrogens is 340 g/mol. The number of hydrogen-bond donors (Lipinski definition) is 0. The molecule has 0 atom stereocenters. The van der Waals surface area contributed by atoms with Gasteiger partial charge in [0.1, 0.15) is 6.10 Å². The first-order valence-electron chi connectivity index (χ1n) is 9.90. The number of unbranched alkanes of at least 4 members (excludes halogenated alkanes) is 2. The van der Waals surface area contributed by atoms with Crippen molar-refractivity contribution in [3.05, 3.63) is 18.2 Å². The second-order valence-electron chi connectivity index (χ2n) is 9.03. The Hall–Kier alpha value is -1.64. The van der Waals surface area contributed by atoms with E-state index in [4.69, 9.17) is 14.2 Å². The molecule has 150 valence electrons. The van der Waals surface area contributed by atoms with Crippen molar-refractivity contribution in [1.29, 1.82) is 0 Å². The molecular formula is C22H34N2O3. The van der Waals surface area contributed by atoms with Gasteiger partial charge in [0.2, 0.25) is 5.82 Å². The van der Waals surface area contributed by atoms with Crippen LogP contribution in [0.4, 0.5) is 0 Å². The van der Waals surface area contributed by atoms with Gasteiger partial charge in [0, 0.05) is 25.9 Å². The van der Waals surface area contributed by atoms with E-state index in [1.807, 2.05) is 0 Å². The van der Waals surface area contributed by atoms with Crippen LogP contribution < -0.4 is 4.74 Å². The first kappa shape index (κ1) is 21.7. The summed E-state index contributed by atoms with van der Waals surface area (Å²) >= 11 is 0. The Balaban J connectivity index is 1.63. The van der Waals surface area contributed by atoms with E-state index >= 15 is 0 Å². The molecule has 0 aliphatic heterocycles. The van der Waals surface area contributed by atoms with E-state index in [1.165, 1.54) is 0 Å². The Morgan fingerprint density at radius 1 is 0.963 bits per heavy atom. The van der Waals surface area contributed by atoms with Crippen molar-refractivity contribution in [2.24, 2.45) is 0 Å². The summed E-state index contributed by atoms with van der Waals surface area (Å²) in [4.78, 5) is 8.54. The fourth-order valence-corrected chi connectivity index (χ4v) is 2.68. The van der Waals surface area contributed by atoms with Crippen LogP contribution in [0, 0.1) is 11.8 Å². The normalized spacial score (nSPS) is 19.8. The van der Waals surface area contributed by atoms with E-state index < -0.39 is 0 Å². The maximum Gasteiger partial charge on any atom is 0.205 e. The molecule has 1 aromatic heterocycles. The summed E-state index contributed by atoms with van der Waals surface area (Å²) in [5, 5.41) is 0. The Morgan fingerprint density at radius 2 is 1.63 bits per heavy atom. The molecule has 1 heterocycles. The Morgan fingerprint density at radius 3 is 2.22 bits per heavy atom. The van der Waals surface area contributed by atoms with Gasteiger partial charge in [0.15, 0.2) is 5.75 Å². The SMILES string of the molecule is CC(C)(C)OCCCCC#Cc1ncc(OC2CC(OC(C)(C)C)C2)cn1. The van der Waals surface area contributed by atoms with E-state index in [0.717, 1.165) is 38.7 Å². The van der Waals surface area contributed by atoms with Crippen molar-refractivity contribution in [1.82, 2.24) is 9.97 Å². The van der Waals surface area contributed by atoms with Crippen molar-refractivity contribution in [3.8, 4) is 17.6 Å². The highest BCUT2D eigenvalue weighted by molar-refractivity contribution is 5.23. The van der Waals surface area contributed by atoms with Gasteiger partial charge in [-0.05, 0) is 60.3 Å². The first-order chi connectivity index (χ1) is 12.6. The molecule has 27 heavy (non-hydrogen) atoms. The summed E-state index contributed by atoms with van der Waals surface area (Å²) in [6.45, 7) is 13.2. The number of ether oxygens (including phenoxy) is 3. The average molecular weight is 375 g/mol. The van der Waals surface area contributed by atoms with Crippen molar-refractivity contribution in [2.75, 3.05) is 6.61 Å². The molecule has 0 bridgehead atoms. The molecule has 0 aromatic carbocycles. The van der Waals surface area contributed by atoms with Crippen molar-refractivity contribution in [3.63, 3.8) is 0 Å². The van der Waals surface area contributed by atoms with E-state index in [2.05, 4.69) is 63.4 Å². The Kier molecular flexibility index (Phi) is 7.64. The molecule has 5 heteroatoms. The maximum absolute atomic E-state index is 5.92. The van der Waals surface area contributed by atoms with Crippen LogP contribution in [-0.4, -0.2) is 40.0 Å². The van der Waals surface area contributed by atoms with Crippen molar-refractivity contribution in [2.45, 2.75) is 97.1 Å². The average Bonchev–Trinajstić information content (AvgIpc) is 2.51. The Bertz CT molecular complexity index is 627. The van der Waals surface area contributed by atoms with Crippen LogP contribution in [0.25, 0.3) is 0 Å². The minimum atomic E-state index is -0.0985. The highest BCUT2D eigenvalue weighted by Gasteiger charge is 2.34. The molecule has 0 amide bonds. The van der Waals surface area contributed by atoms with Gasteiger partial charge in [-0.1, -0.05) is 5.92 Å². The minimum Gasteiger partial charge on any atom is -0.487 e. The molecule has 0 radical (unpaired) electrons. The third kappa shape index (κ3) is 9.21. The molecule has 1 aliphatic rings. The number of hydrogen-bond acceptors (Lipinski definition) is 5. The van der Waals surface area contributed by atoms with Crippen LogP contribution in [0.1, 0.15) is 79.5 Å². The second-order valence-corrected chi connectivity index (χ2v) is 9.03. The molecule has 0 N–H and O–H groups in total. The molecule has 0 unspecified atom stereocenters. The van der Waals surface area contributed by atoms with E-state index in [-0.39, 0.29) is 23.4 Å². The van der Waals surface area contributed by atoms with Crippen LogP contribution in [0.15, 0.2) is 12.4 Å². The monoisotopic (exact) mass is 374 g/mol. The largest absolute Gasteiger partial charge is 0.487 e. The molecule has 1 aromatic rings. The zero-order valence-corrected chi connectivity index (χ0v) is 17.7. The Labute approximate surface area is 164 Å². The maximum atomic E-state index is 5.92. The summed E-state index contributed by atoms with van der Waals surface area (Å²) in [5.41, 5.74) is -0.165. The van der Waals surface area contributed by atoms with Crippen LogP contribution in [0.2, 0.25) is 0 Å². The third-order valence-corrected chi connectivity index (χ3v) is 3.93. The summed E-state index contributed by atoms with van der Waals surface area (Å²) in [7, 11) is 0. The predicted molar refractivity (Wildman–Crippen MR) is 107 cm³/mol. The number of rotatable bonds is 7. The molecule has 0 saturated heterocycles. The summed E-state index contributed by atoms with van der Waals surface area (Å²) in [6, 6.07) is 0. The molecule has 1 fully saturated rings. The molecule has 0 spiro atoms. The summed E-state index contributed by atoms with van der Waals surface area (Å²) in [6.07, 6.45) is 8.56. The van der Waals surface area contributed by atoms with E-state index in [9.17, 15) is 0 Å². The van der Waals surface area contributed by atoms with Crippen LogP contribution >= 0.6 is 0 Å². The lowest BCUT2D eigenvalue weighted by molar-refractivity contribution is -0.126. The van der Waals surface area contributed by atoms with Gasteiger partial charge in [-0.15, -0.1) is 0 Å². The smallest absolute Gasteiger partial charge is 0.205 e. The zero-order valence-electron chi connectivity index (χ0n) is 17.7. The van der Waals surface area contributed by atoms with Gasteiger partial charge in [-0.3, -0.25) is 0 Å². The van der Waals surface area contributed by atoms with Gasteiger partial charge < -0.3 is 14.2 Å². The lowest BCUT2D eigenvalue weighted by atomic mass is 9.91. The minimum absolute atomic E-state index is 0.0661. The quantitative estimate of drug-likeness (QED) is 0.518. The fraction of sp³-hybridized carbons (Fsp3) is 0.727.